The van der Waals surface area contributed by atoms with Crippen LogP contribution in [0.25, 0.3) is 0 Å². The maximum atomic E-state index is 12.5. The van der Waals surface area contributed by atoms with Gasteiger partial charge >= 0.3 is 0 Å². The van der Waals surface area contributed by atoms with E-state index in [0.29, 0.717) is 42.1 Å². The molecular formula is C20H28N4O2. The molecule has 1 aromatic rings. The third-order valence-electron chi connectivity index (χ3n) is 6.24. The smallest absolute Gasteiger partial charge is 0.252 e. The summed E-state index contributed by atoms with van der Waals surface area (Å²) in [5, 5.41) is 3.30. The Balaban J connectivity index is 1.45. The van der Waals surface area contributed by atoms with Crippen molar-refractivity contribution in [2.75, 3.05) is 18.0 Å². The van der Waals surface area contributed by atoms with Gasteiger partial charge in [-0.15, -0.1) is 0 Å². The summed E-state index contributed by atoms with van der Waals surface area (Å²) < 4.78 is 0. The van der Waals surface area contributed by atoms with Crippen LogP contribution in [0.4, 0.5) is 5.82 Å². The van der Waals surface area contributed by atoms with Gasteiger partial charge < -0.3 is 16.0 Å². The number of aromatic nitrogens is 1. The SMILES string of the molecule is NC(=O)c1cccnc1N1C[C@H](NC(=O)CC2CCCC2)[C@@H](C2CC2)C1. The Labute approximate surface area is 154 Å². The molecule has 2 aliphatic carbocycles. The quantitative estimate of drug-likeness (QED) is 0.817. The molecular weight excluding hydrogens is 328 g/mol. The van der Waals surface area contributed by atoms with Crippen LogP contribution >= 0.6 is 0 Å². The molecule has 4 rings (SSSR count). The van der Waals surface area contributed by atoms with E-state index < -0.39 is 5.91 Å². The molecule has 2 amide bonds. The molecule has 3 N–H and O–H groups in total. The number of carbonyl (C=O) groups is 2. The average Bonchev–Trinajstić information content (AvgIpc) is 3.18. The van der Waals surface area contributed by atoms with E-state index in [1.165, 1.54) is 38.5 Å². The highest BCUT2D eigenvalue weighted by Crippen LogP contribution is 2.42. The van der Waals surface area contributed by atoms with E-state index >= 15 is 0 Å². The fourth-order valence-corrected chi connectivity index (χ4v) is 4.74. The minimum absolute atomic E-state index is 0.138. The maximum absolute atomic E-state index is 12.5. The van der Waals surface area contributed by atoms with Gasteiger partial charge in [0.15, 0.2) is 0 Å². The summed E-state index contributed by atoms with van der Waals surface area (Å²) >= 11 is 0. The number of rotatable bonds is 6. The van der Waals surface area contributed by atoms with Crippen molar-refractivity contribution < 1.29 is 9.59 Å². The first-order chi connectivity index (χ1) is 12.6. The van der Waals surface area contributed by atoms with Crippen molar-refractivity contribution in [3.63, 3.8) is 0 Å². The molecule has 1 aliphatic heterocycles. The van der Waals surface area contributed by atoms with Gasteiger partial charge in [-0.25, -0.2) is 4.98 Å². The first-order valence-corrected chi connectivity index (χ1v) is 9.91. The fourth-order valence-electron chi connectivity index (χ4n) is 4.74. The molecule has 6 nitrogen and oxygen atoms in total. The van der Waals surface area contributed by atoms with Crippen LogP contribution in [-0.2, 0) is 4.79 Å². The Morgan fingerprint density at radius 1 is 1.19 bits per heavy atom. The summed E-state index contributed by atoms with van der Waals surface area (Å²) in [7, 11) is 0. The number of hydrogen-bond acceptors (Lipinski definition) is 4. The molecule has 3 fully saturated rings. The van der Waals surface area contributed by atoms with E-state index in [1.807, 2.05) is 0 Å². The van der Waals surface area contributed by atoms with Gasteiger partial charge in [-0.1, -0.05) is 12.8 Å². The monoisotopic (exact) mass is 356 g/mol. The third-order valence-corrected chi connectivity index (χ3v) is 6.24. The number of nitrogens with one attached hydrogen (secondary N) is 1. The van der Waals surface area contributed by atoms with Crippen LogP contribution in [0.1, 0.15) is 55.3 Å². The second-order valence-corrected chi connectivity index (χ2v) is 8.17. The van der Waals surface area contributed by atoms with Crippen molar-refractivity contribution in [1.29, 1.82) is 0 Å². The van der Waals surface area contributed by atoms with E-state index in [-0.39, 0.29) is 11.9 Å². The number of pyridine rings is 1. The zero-order chi connectivity index (χ0) is 18.1. The summed E-state index contributed by atoms with van der Waals surface area (Å²) in [6.45, 7) is 1.53. The Hall–Kier alpha value is -2.11. The lowest BCUT2D eigenvalue weighted by Gasteiger charge is -2.20. The minimum Gasteiger partial charge on any atom is -0.365 e. The van der Waals surface area contributed by atoms with Gasteiger partial charge in [0.2, 0.25) is 5.91 Å². The van der Waals surface area contributed by atoms with Crippen LogP contribution in [0.5, 0.6) is 0 Å². The van der Waals surface area contributed by atoms with Crippen LogP contribution in [0.2, 0.25) is 0 Å². The fraction of sp³-hybridized carbons (Fsp3) is 0.650. The van der Waals surface area contributed by atoms with E-state index in [4.69, 9.17) is 5.73 Å². The third kappa shape index (κ3) is 3.69. The molecule has 0 bridgehead atoms. The standard InChI is InChI=1S/C20H28N4O2/c21-19(26)15-6-3-9-22-20(15)24-11-16(14-7-8-14)17(12-24)23-18(25)10-13-4-1-2-5-13/h3,6,9,13-14,16-17H,1-2,4-5,7-8,10-12H2,(H2,21,26)(H,23,25)/t16-,17+/m1/s1. The number of amides is 2. The predicted molar refractivity (Wildman–Crippen MR) is 99.7 cm³/mol. The first-order valence-electron chi connectivity index (χ1n) is 9.91. The first kappa shape index (κ1) is 17.3. The highest BCUT2D eigenvalue weighted by molar-refractivity contribution is 5.97. The van der Waals surface area contributed by atoms with E-state index in [2.05, 4.69) is 15.2 Å². The molecule has 6 heteroatoms. The van der Waals surface area contributed by atoms with Crippen LogP contribution in [-0.4, -0.2) is 35.9 Å². The van der Waals surface area contributed by atoms with Crippen molar-refractivity contribution in [3.8, 4) is 0 Å². The zero-order valence-corrected chi connectivity index (χ0v) is 15.2. The largest absolute Gasteiger partial charge is 0.365 e. The average molecular weight is 356 g/mol. The van der Waals surface area contributed by atoms with E-state index in [0.717, 1.165) is 6.54 Å². The Morgan fingerprint density at radius 3 is 2.65 bits per heavy atom. The van der Waals surface area contributed by atoms with Gasteiger partial charge in [-0.2, -0.15) is 0 Å². The highest BCUT2D eigenvalue weighted by atomic mass is 16.2. The lowest BCUT2D eigenvalue weighted by molar-refractivity contribution is -0.122. The molecule has 1 saturated heterocycles. The molecule has 0 spiro atoms. The maximum Gasteiger partial charge on any atom is 0.252 e. The van der Waals surface area contributed by atoms with Crippen molar-refractivity contribution in [1.82, 2.24) is 10.3 Å². The minimum atomic E-state index is -0.454. The van der Waals surface area contributed by atoms with Gasteiger partial charge in [-0.05, 0) is 49.7 Å². The summed E-state index contributed by atoms with van der Waals surface area (Å²) in [6.07, 6.45) is 9.71. The van der Waals surface area contributed by atoms with Crippen molar-refractivity contribution in [2.24, 2.45) is 23.5 Å². The number of primary amides is 1. The summed E-state index contributed by atoms with van der Waals surface area (Å²) in [4.78, 5) is 30.8. The lowest BCUT2D eigenvalue weighted by atomic mass is 9.97. The molecule has 0 radical (unpaired) electrons. The Bertz CT molecular complexity index is 682. The molecule has 1 aromatic heterocycles. The van der Waals surface area contributed by atoms with Gasteiger partial charge in [0.05, 0.1) is 11.6 Å². The molecule has 0 aromatic carbocycles. The normalized spacial score (nSPS) is 26.2. The molecule has 0 unspecified atom stereocenters. The second-order valence-electron chi connectivity index (χ2n) is 8.17. The number of hydrogen-bond donors (Lipinski definition) is 2. The van der Waals surface area contributed by atoms with Crippen molar-refractivity contribution in [2.45, 2.75) is 51.0 Å². The van der Waals surface area contributed by atoms with Crippen LogP contribution < -0.4 is 16.0 Å². The Kier molecular flexibility index (Phi) is 4.83. The summed E-state index contributed by atoms with van der Waals surface area (Å²) in [5.74, 6) is 2.06. The lowest BCUT2D eigenvalue weighted by Crippen LogP contribution is -2.41. The molecule has 26 heavy (non-hydrogen) atoms. The number of nitrogens with zero attached hydrogens (tertiary/aromatic N) is 2. The van der Waals surface area contributed by atoms with Gasteiger partial charge in [0, 0.05) is 31.6 Å². The molecule has 140 valence electrons. The van der Waals surface area contributed by atoms with Crippen molar-refractivity contribution in [3.05, 3.63) is 23.9 Å². The summed E-state index contributed by atoms with van der Waals surface area (Å²) in [6, 6.07) is 3.60. The topological polar surface area (TPSA) is 88.3 Å². The van der Waals surface area contributed by atoms with Gasteiger partial charge in [-0.3, -0.25) is 9.59 Å². The number of carbonyl (C=O) groups excluding carboxylic acids is 2. The van der Waals surface area contributed by atoms with Crippen LogP contribution in [0.15, 0.2) is 18.3 Å². The molecule has 3 aliphatic rings. The number of nitrogens with two attached hydrogens (primary N) is 1. The van der Waals surface area contributed by atoms with E-state index in [9.17, 15) is 9.59 Å². The summed E-state index contributed by atoms with van der Waals surface area (Å²) in [5.41, 5.74) is 5.98. The Morgan fingerprint density at radius 2 is 1.96 bits per heavy atom. The second kappa shape index (κ2) is 7.25. The van der Waals surface area contributed by atoms with E-state index in [1.54, 1.807) is 18.3 Å². The van der Waals surface area contributed by atoms with Crippen molar-refractivity contribution >= 4 is 17.6 Å². The predicted octanol–water partition coefficient (Wildman–Crippen LogP) is 2.09. The van der Waals surface area contributed by atoms with Gasteiger partial charge in [0.1, 0.15) is 5.82 Å². The molecule has 2 atom stereocenters. The zero-order valence-electron chi connectivity index (χ0n) is 15.2. The molecule has 2 saturated carbocycles. The highest BCUT2D eigenvalue weighted by Gasteiger charge is 2.44. The van der Waals surface area contributed by atoms with Crippen LogP contribution in [0, 0.1) is 17.8 Å². The van der Waals surface area contributed by atoms with Crippen LogP contribution in [0.3, 0.4) is 0 Å². The molecule has 2 heterocycles. The number of anilines is 1. The van der Waals surface area contributed by atoms with Gasteiger partial charge in [0.25, 0.3) is 5.91 Å².